The molecule has 1 heterocycles. The monoisotopic (exact) mass is 249 g/mol. The fourth-order valence-corrected chi connectivity index (χ4v) is 1.71. The highest BCUT2D eigenvalue weighted by molar-refractivity contribution is 6.03. The molecule has 1 aromatic rings. The van der Waals surface area contributed by atoms with Crippen LogP contribution < -0.4 is 15.4 Å². The van der Waals surface area contributed by atoms with E-state index in [0.717, 1.165) is 0 Å². The minimum atomic E-state index is -0.247. The number of nitrogen functional groups attached to an aromatic ring is 1. The van der Waals surface area contributed by atoms with Crippen LogP contribution in [0.1, 0.15) is 0 Å². The van der Waals surface area contributed by atoms with Gasteiger partial charge in [-0.1, -0.05) is 6.07 Å². The fourth-order valence-electron chi connectivity index (χ4n) is 1.71. The molecule has 0 aliphatic carbocycles. The van der Waals surface area contributed by atoms with Crippen LogP contribution >= 0.6 is 0 Å². The van der Waals surface area contributed by atoms with Gasteiger partial charge in [-0.25, -0.2) is 0 Å². The maximum atomic E-state index is 11.8. The van der Waals surface area contributed by atoms with Gasteiger partial charge in [-0.3, -0.25) is 14.5 Å². The summed E-state index contributed by atoms with van der Waals surface area (Å²) in [5.41, 5.74) is 6.78. The summed E-state index contributed by atoms with van der Waals surface area (Å²) in [4.78, 5) is 26.4. The third-order valence-electron chi connectivity index (χ3n) is 2.75. The predicted molar refractivity (Wildman–Crippen MR) is 67.4 cm³/mol. The van der Waals surface area contributed by atoms with E-state index in [1.165, 1.54) is 9.80 Å². The van der Waals surface area contributed by atoms with Gasteiger partial charge in [0.1, 0.15) is 6.54 Å². The normalized spacial score (nSPS) is 13.9. The van der Waals surface area contributed by atoms with E-state index in [2.05, 4.69) is 0 Å². The first-order chi connectivity index (χ1) is 8.50. The number of carbonyl (C=O) groups is 2. The summed E-state index contributed by atoms with van der Waals surface area (Å²) in [6.07, 6.45) is 0. The average Bonchev–Trinajstić information content (AvgIpc) is 2.32. The summed E-state index contributed by atoms with van der Waals surface area (Å²) in [6.45, 7) is -0.104. The molecule has 2 rings (SSSR count). The first-order valence-corrected chi connectivity index (χ1v) is 5.52. The smallest absolute Gasteiger partial charge is 0.265 e. The van der Waals surface area contributed by atoms with Gasteiger partial charge in [-0.15, -0.1) is 0 Å². The molecule has 0 spiro atoms. The highest BCUT2D eigenvalue weighted by Gasteiger charge is 2.28. The van der Waals surface area contributed by atoms with Crippen molar-refractivity contribution < 1.29 is 14.3 Å². The molecule has 0 atom stereocenters. The zero-order valence-corrected chi connectivity index (χ0v) is 10.3. The van der Waals surface area contributed by atoms with E-state index < -0.39 is 0 Å². The minimum absolute atomic E-state index is 0.00829. The Labute approximate surface area is 105 Å². The molecule has 2 amide bonds. The van der Waals surface area contributed by atoms with Crippen molar-refractivity contribution in [3.63, 3.8) is 0 Å². The Morgan fingerprint density at radius 1 is 1.50 bits per heavy atom. The van der Waals surface area contributed by atoms with E-state index in [0.29, 0.717) is 17.1 Å². The molecule has 0 fully saturated rings. The molecule has 1 aromatic carbocycles. The van der Waals surface area contributed by atoms with Crippen molar-refractivity contribution in [1.82, 2.24) is 4.90 Å². The molecular formula is C12H15N3O3. The summed E-state index contributed by atoms with van der Waals surface area (Å²) in [7, 11) is 3.29. The van der Waals surface area contributed by atoms with E-state index in [4.69, 9.17) is 10.5 Å². The van der Waals surface area contributed by atoms with Crippen LogP contribution in [0.2, 0.25) is 0 Å². The molecule has 1 aliphatic heterocycles. The molecule has 6 heteroatoms. The molecular weight excluding hydrogens is 234 g/mol. The minimum Gasteiger partial charge on any atom is -0.479 e. The number of carbonyl (C=O) groups excluding carboxylic acids is 2. The number of nitrogens with two attached hydrogens (primary N) is 1. The number of fused-ring (bicyclic) bond motifs is 1. The molecule has 0 unspecified atom stereocenters. The highest BCUT2D eigenvalue weighted by atomic mass is 16.5. The number of amides is 2. The van der Waals surface area contributed by atoms with Crippen molar-refractivity contribution in [2.24, 2.45) is 0 Å². The summed E-state index contributed by atoms with van der Waals surface area (Å²) >= 11 is 0. The first-order valence-electron chi connectivity index (χ1n) is 5.52. The van der Waals surface area contributed by atoms with Crippen LogP contribution in [0.4, 0.5) is 11.4 Å². The molecule has 0 saturated carbocycles. The number of rotatable bonds is 2. The molecule has 1 aliphatic rings. The van der Waals surface area contributed by atoms with Gasteiger partial charge in [0.2, 0.25) is 5.91 Å². The van der Waals surface area contributed by atoms with Crippen molar-refractivity contribution in [3.8, 4) is 5.75 Å². The second-order valence-corrected chi connectivity index (χ2v) is 4.25. The van der Waals surface area contributed by atoms with E-state index in [1.807, 2.05) is 0 Å². The third-order valence-corrected chi connectivity index (χ3v) is 2.75. The van der Waals surface area contributed by atoms with Crippen LogP contribution in [0.15, 0.2) is 18.2 Å². The number of hydrogen-bond acceptors (Lipinski definition) is 4. The number of para-hydroxylation sites is 1. The lowest BCUT2D eigenvalue weighted by atomic mass is 10.2. The number of nitrogens with zero attached hydrogens (tertiary/aromatic N) is 2. The van der Waals surface area contributed by atoms with Gasteiger partial charge in [0.05, 0.1) is 11.4 Å². The quantitative estimate of drug-likeness (QED) is 0.753. The molecule has 18 heavy (non-hydrogen) atoms. The van der Waals surface area contributed by atoms with Crippen LogP contribution in [-0.2, 0) is 9.59 Å². The van der Waals surface area contributed by atoms with Gasteiger partial charge in [0.25, 0.3) is 5.91 Å². The largest absolute Gasteiger partial charge is 0.479 e. The summed E-state index contributed by atoms with van der Waals surface area (Å²) in [6, 6.07) is 5.13. The van der Waals surface area contributed by atoms with E-state index >= 15 is 0 Å². The van der Waals surface area contributed by atoms with Crippen LogP contribution in [0.5, 0.6) is 5.75 Å². The van der Waals surface area contributed by atoms with Crippen LogP contribution in [0, 0.1) is 0 Å². The first kappa shape index (κ1) is 12.2. The Morgan fingerprint density at radius 3 is 2.89 bits per heavy atom. The van der Waals surface area contributed by atoms with Crippen molar-refractivity contribution in [2.75, 3.05) is 37.9 Å². The molecule has 96 valence electrons. The van der Waals surface area contributed by atoms with Crippen molar-refractivity contribution >= 4 is 23.2 Å². The zero-order chi connectivity index (χ0) is 13.3. The van der Waals surface area contributed by atoms with E-state index in [1.54, 1.807) is 32.3 Å². The Morgan fingerprint density at radius 2 is 2.22 bits per heavy atom. The number of ether oxygens (including phenoxy) is 1. The van der Waals surface area contributed by atoms with Crippen LogP contribution in [0.3, 0.4) is 0 Å². The van der Waals surface area contributed by atoms with Crippen LogP contribution in [0.25, 0.3) is 0 Å². The lowest BCUT2D eigenvalue weighted by molar-refractivity contribution is -0.130. The average molecular weight is 249 g/mol. The van der Waals surface area contributed by atoms with E-state index in [9.17, 15) is 9.59 Å². The molecule has 0 aromatic heterocycles. The molecule has 6 nitrogen and oxygen atoms in total. The maximum Gasteiger partial charge on any atom is 0.265 e. The van der Waals surface area contributed by atoms with Gasteiger partial charge >= 0.3 is 0 Å². The second kappa shape index (κ2) is 4.56. The third kappa shape index (κ3) is 2.09. The van der Waals surface area contributed by atoms with Gasteiger partial charge in [-0.2, -0.15) is 0 Å². The number of anilines is 2. The summed E-state index contributed by atoms with van der Waals surface area (Å²) in [5.74, 6) is 0.0607. The van der Waals surface area contributed by atoms with Crippen LogP contribution in [-0.4, -0.2) is 44.0 Å². The fraction of sp³-hybridized carbons (Fsp3) is 0.333. The Bertz CT molecular complexity index is 499. The van der Waals surface area contributed by atoms with Crippen molar-refractivity contribution in [3.05, 3.63) is 18.2 Å². The molecule has 0 saturated heterocycles. The summed E-state index contributed by atoms with van der Waals surface area (Å²) in [5, 5.41) is 0. The number of hydrogen-bond donors (Lipinski definition) is 1. The lowest BCUT2D eigenvalue weighted by Crippen LogP contribution is -2.44. The number of benzene rings is 1. The predicted octanol–water partition coefficient (Wildman–Crippen LogP) is 0.0824. The Kier molecular flexibility index (Phi) is 3.10. The highest BCUT2D eigenvalue weighted by Crippen LogP contribution is 2.36. The van der Waals surface area contributed by atoms with Crippen molar-refractivity contribution in [2.45, 2.75) is 0 Å². The Balaban J connectivity index is 2.34. The zero-order valence-electron chi connectivity index (χ0n) is 10.3. The maximum absolute atomic E-state index is 11.8. The second-order valence-electron chi connectivity index (χ2n) is 4.25. The summed E-state index contributed by atoms with van der Waals surface area (Å²) < 4.78 is 5.30. The number of likely N-dealkylation sites (N-methyl/N-ethyl adjacent to an activating group) is 1. The van der Waals surface area contributed by atoms with Gasteiger partial charge in [-0.05, 0) is 12.1 Å². The Hall–Kier alpha value is -2.24. The van der Waals surface area contributed by atoms with Gasteiger partial charge in [0.15, 0.2) is 12.4 Å². The molecule has 0 radical (unpaired) electrons. The molecule has 2 N–H and O–H groups in total. The molecule has 0 bridgehead atoms. The van der Waals surface area contributed by atoms with Gasteiger partial charge < -0.3 is 15.4 Å². The topological polar surface area (TPSA) is 75.9 Å². The van der Waals surface area contributed by atoms with Crippen molar-refractivity contribution in [1.29, 1.82) is 0 Å². The van der Waals surface area contributed by atoms with Gasteiger partial charge in [0, 0.05) is 14.1 Å². The standard InChI is InChI=1S/C12H15N3O3/c1-14(2)10(16)6-15-9-5-3-4-8(13)12(9)18-7-11(15)17/h3-5H,6-7,13H2,1-2H3. The SMILES string of the molecule is CN(C)C(=O)CN1C(=O)COc2c(N)cccc21. The van der Waals surface area contributed by atoms with E-state index in [-0.39, 0.29) is 25.0 Å². The lowest BCUT2D eigenvalue weighted by Gasteiger charge is -2.30.